The Bertz CT molecular complexity index is 1370. The fourth-order valence-corrected chi connectivity index (χ4v) is 5.37. The molecule has 2 aromatic rings. The van der Waals surface area contributed by atoms with Gasteiger partial charge in [0.2, 0.25) is 5.75 Å². The van der Waals surface area contributed by atoms with Gasteiger partial charge in [0, 0.05) is 24.2 Å². The number of aromatic nitrogens is 1. The van der Waals surface area contributed by atoms with E-state index in [1.54, 1.807) is 0 Å². The van der Waals surface area contributed by atoms with Crippen molar-refractivity contribution in [3.05, 3.63) is 75.1 Å². The minimum atomic E-state index is -0.0987. The van der Waals surface area contributed by atoms with Crippen LogP contribution in [0.15, 0.2) is 69.6 Å². The predicted octanol–water partition coefficient (Wildman–Crippen LogP) is 11.7. The molecule has 1 N–H and O–H groups in total. The molecule has 0 fully saturated rings. The first kappa shape index (κ1) is 39.0. The molecule has 256 valence electrons. The first-order valence-corrected chi connectivity index (χ1v) is 18.0. The summed E-state index contributed by atoms with van der Waals surface area (Å²) in [6.45, 7) is 19.6. The third kappa shape index (κ3) is 14.5. The van der Waals surface area contributed by atoms with Crippen molar-refractivity contribution in [3.63, 3.8) is 0 Å². The number of anilines is 1. The molecule has 0 bridgehead atoms. The van der Waals surface area contributed by atoms with Crippen LogP contribution in [0.25, 0.3) is 10.9 Å². The van der Waals surface area contributed by atoms with Crippen molar-refractivity contribution in [1.29, 1.82) is 0 Å². The zero-order valence-electron chi connectivity index (χ0n) is 30.5. The molecule has 1 aromatic heterocycles. The van der Waals surface area contributed by atoms with E-state index in [2.05, 4.69) is 103 Å². The number of fused-ring (bicyclic) bond motifs is 1. The van der Waals surface area contributed by atoms with Crippen molar-refractivity contribution < 1.29 is 9.47 Å². The van der Waals surface area contributed by atoms with Crippen molar-refractivity contribution in [2.75, 3.05) is 25.1 Å². The number of ether oxygens (including phenoxy) is 2. The van der Waals surface area contributed by atoms with Gasteiger partial charge in [0.05, 0.1) is 12.1 Å². The lowest BCUT2D eigenvalue weighted by atomic mass is 10.1. The SMILES string of the molecule is CCCCCCCCOc1c(OCC=C(C)CCC=C(C)C)c2ccc(NCC=C(C)CCC=C(C)C)cc2n(CCCC)c1=O. The van der Waals surface area contributed by atoms with Gasteiger partial charge in [0.1, 0.15) is 6.61 Å². The average molecular weight is 633 g/mol. The van der Waals surface area contributed by atoms with Crippen LogP contribution in [0.4, 0.5) is 5.69 Å². The predicted molar refractivity (Wildman–Crippen MR) is 201 cm³/mol. The van der Waals surface area contributed by atoms with E-state index >= 15 is 0 Å². The van der Waals surface area contributed by atoms with Gasteiger partial charge < -0.3 is 19.4 Å². The van der Waals surface area contributed by atoms with Crippen LogP contribution in [0, 0.1) is 0 Å². The summed E-state index contributed by atoms with van der Waals surface area (Å²) in [7, 11) is 0. The molecule has 0 saturated heterocycles. The van der Waals surface area contributed by atoms with E-state index in [9.17, 15) is 4.79 Å². The highest BCUT2D eigenvalue weighted by molar-refractivity contribution is 5.90. The van der Waals surface area contributed by atoms with Crippen molar-refractivity contribution in [2.24, 2.45) is 0 Å². The van der Waals surface area contributed by atoms with Crippen LogP contribution in [0.5, 0.6) is 11.5 Å². The number of nitrogens with one attached hydrogen (secondary N) is 1. The Labute approximate surface area is 280 Å². The quantitative estimate of drug-likeness (QED) is 0.0978. The second-order valence-corrected chi connectivity index (χ2v) is 13.2. The maximum Gasteiger partial charge on any atom is 0.297 e. The average Bonchev–Trinajstić information content (AvgIpc) is 3.01. The fraction of sp³-hybridized carbons (Fsp3) is 0.585. The minimum Gasteiger partial charge on any atom is -0.485 e. The van der Waals surface area contributed by atoms with Crippen molar-refractivity contribution in [2.45, 2.75) is 139 Å². The Morgan fingerprint density at radius 3 is 2.02 bits per heavy atom. The number of rotatable bonds is 23. The second-order valence-electron chi connectivity index (χ2n) is 13.2. The Balaban J connectivity index is 2.40. The van der Waals surface area contributed by atoms with Gasteiger partial charge in [0.15, 0.2) is 5.75 Å². The number of pyridine rings is 1. The molecule has 0 amide bonds. The summed E-state index contributed by atoms with van der Waals surface area (Å²) in [5, 5.41) is 4.48. The number of benzene rings is 1. The maximum atomic E-state index is 14.1. The molecule has 0 spiro atoms. The van der Waals surface area contributed by atoms with Crippen LogP contribution in [0.3, 0.4) is 0 Å². The number of hydrogen-bond acceptors (Lipinski definition) is 4. The molecule has 0 aliphatic rings. The first-order valence-electron chi connectivity index (χ1n) is 18.0. The normalized spacial score (nSPS) is 11.9. The smallest absolute Gasteiger partial charge is 0.297 e. The van der Waals surface area contributed by atoms with Crippen molar-refractivity contribution in [3.8, 4) is 11.5 Å². The molecule has 0 atom stereocenters. The van der Waals surface area contributed by atoms with E-state index in [4.69, 9.17) is 9.47 Å². The van der Waals surface area contributed by atoms with Gasteiger partial charge in [-0.05, 0) is 104 Å². The number of aryl methyl sites for hydroxylation is 1. The third-order valence-corrected chi connectivity index (χ3v) is 8.26. The third-order valence-electron chi connectivity index (χ3n) is 8.26. The van der Waals surface area contributed by atoms with Crippen molar-refractivity contribution in [1.82, 2.24) is 4.57 Å². The van der Waals surface area contributed by atoms with Crippen LogP contribution < -0.4 is 20.3 Å². The number of hydrogen-bond donors (Lipinski definition) is 1. The highest BCUT2D eigenvalue weighted by atomic mass is 16.5. The molecular formula is C41H64N2O3. The summed E-state index contributed by atoms with van der Waals surface area (Å²) in [6, 6.07) is 6.28. The van der Waals surface area contributed by atoms with Gasteiger partial charge in [-0.25, -0.2) is 0 Å². The molecule has 0 aliphatic carbocycles. The molecule has 0 radical (unpaired) electrons. The zero-order chi connectivity index (χ0) is 33.7. The summed E-state index contributed by atoms with van der Waals surface area (Å²) < 4.78 is 14.6. The molecular weight excluding hydrogens is 568 g/mol. The van der Waals surface area contributed by atoms with Gasteiger partial charge in [-0.1, -0.05) is 92.9 Å². The Hall–Kier alpha value is -3.21. The van der Waals surface area contributed by atoms with Crippen LogP contribution in [0.2, 0.25) is 0 Å². The first-order chi connectivity index (χ1) is 22.2. The molecule has 1 heterocycles. The molecule has 0 aliphatic heterocycles. The molecule has 0 saturated carbocycles. The number of nitrogens with zero attached hydrogens (tertiary/aromatic N) is 1. The van der Waals surface area contributed by atoms with Gasteiger partial charge in [-0.2, -0.15) is 0 Å². The van der Waals surface area contributed by atoms with Gasteiger partial charge in [0.25, 0.3) is 5.56 Å². The van der Waals surface area contributed by atoms with E-state index in [-0.39, 0.29) is 5.56 Å². The zero-order valence-corrected chi connectivity index (χ0v) is 30.5. The number of allylic oxidation sites excluding steroid dienone is 6. The summed E-state index contributed by atoms with van der Waals surface area (Å²) >= 11 is 0. The standard InChI is InChI=1S/C41H64N2O3/c1-9-11-13-14-15-16-29-45-40-39(46-30-26-35(8)22-18-20-33(5)6)37-24-23-36(31-38(37)43(41(40)44)28-12-10-2)42-27-25-34(7)21-17-19-32(3)4/h19-20,23-26,31,42H,9-18,21-22,27-30H2,1-8H3. The van der Waals surface area contributed by atoms with Crippen molar-refractivity contribution >= 4 is 16.6 Å². The Morgan fingerprint density at radius 2 is 1.37 bits per heavy atom. The topological polar surface area (TPSA) is 52.5 Å². The van der Waals surface area contributed by atoms with E-state index < -0.39 is 0 Å². The van der Waals surface area contributed by atoms with Gasteiger partial charge in [-0.3, -0.25) is 4.79 Å². The highest BCUT2D eigenvalue weighted by Gasteiger charge is 2.20. The molecule has 0 unspecified atom stereocenters. The van der Waals surface area contributed by atoms with Crippen LogP contribution in [0.1, 0.15) is 132 Å². The molecule has 5 heteroatoms. The lowest BCUT2D eigenvalue weighted by Crippen LogP contribution is -2.24. The van der Waals surface area contributed by atoms with Crippen LogP contribution in [-0.4, -0.2) is 24.3 Å². The minimum absolute atomic E-state index is 0.0987. The lowest BCUT2D eigenvalue weighted by molar-refractivity contribution is 0.272. The molecule has 46 heavy (non-hydrogen) atoms. The second kappa shape index (κ2) is 22.3. The fourth-order valence-electron chi connectivity index (χ4n) is 5.37. The molecule has 2 rings (SSSR count). The Morgan fingerprint density at radius 1 is 0.739 bits per heavy atom. The lowest BCUT2D eigenvalue weighted by Gasteiger charge is -2.19. The molecule has 1 aromatic carbocycles. The van der Waals surface area contributed by atoms with Gasteiger partial charge >= 0.3 is 0 Å². The highest BCUT2D eigenvalue weighted by Crippen LogP contribution is 2.35. The maximum absolute atomic E-state index is 14.1. The van der Waals surface area contributed by atoms with E-state index in [0.717, 1.165) is 74.5 Å². The molecule has 5 nitrogen and oxygen atoms in total. The van der Waals surface area contributed by atoms with Gasteiger partial charge in [-0.15, -0.1) is 0 Å². The van der Waals surface area contributed by atoms with E-state index in [1.807, 2.05) is 4.57 Å². The Kier molecular flexibility index (Phi) is 18.9. The summed E-state index contributed by atoms with van der Waals surface area (Å²) in [6.07, 6.45) is 22.0. The van der Waals surface area contributed by atoms with E-state index in [0.29, 0.717) is 31.3 Å². The van der Waals surface area contributed by atoms with Crippen LogP contribution in [-0.2, 0) is 6.54 Å². The summed E-state index contributed by atoms with van der Waals surface area (Å²) in [5.74, 6) is 0.914. The summed E-state index contributed by atoms with van der Waals surface area (Å²) in [5.41, 5.74) is 7.14. The monoisotopic (exact) mass is 632 g/mol. The van der Waals surface area contributed by atoms with E-state index in [1.165, 1.54) is 48.0 Å². The van der Waals surface area contributed by atoms with Crippen LogP contribution >= 0.6 is 0 Å². The summed E-state index contributed by atoms with van der Waals surface area (Å²) in [4.78, 5) is 14.1. The largest absolute Gasteiger partial charge is 0.485 e. The number of unbranched alkanes of at least 4 members (excludes halogenated alkanes) is 6.